The van der Waals surface area contributed by atoms with Crippen molar-refractivity contribution in [3.8, 4) is 0 Å². The summed E-state index contributed by atoms with van der Waals surface area (Å²) in [5.74, 6) is 0.310. The smallest absolute Gasteiger partial charge is 0.239 e. The SMILES string of the molecule is CC1(c2ccccc2)CCCN(C(=O)C2CCCN2)C1.Cl. The first kappa shape index (κ1) is 16.3. The second-order valence-corrected chi connectivity index (χ2v) is 6.44. The number of carbonyl (C=O) groups excluding carboxylic acids is 1. The first-order valence-electron chi connectivity index (χ1n) is 7.77. The van der Waals surface area contributed by atoms with Crippen molar-refractivity contribution in [3.63, 3.8) is 0 Å². The van der Waals surface area contributed by atoms with Crippen molar-refractivity contribution in [2.45, 2.75) is 44.1 Å². The summed E-state index contributed by atoms with van der Waals surface area (Å²) in [6.07, 6.45) is 4.39. The average molecular weight is 309 g/mol. The van der Waals surface area contributed by atoms with E-state index in [0.29, 0.717) is 5.91 Å². The van der Waals surface area contributed by atoms with Crippen LogP contribution in [0.5, 0.6) is 0 Å². The van der Waals surface area contributed by atoms with Crippen LogP contribution in [-0.2, 0) is 10.2 Å². The van der Waals surface area contributed by atoms with Crippen LogP contribution in [0, 0.1) is 0 Å². The maximum Gasteiger partial charge on any atom is 0.239 e. The number of halogens is 1. The van der Waals surface area contributed by atoms with E-state index in [1.807, 2.05) is 0 Å². The molecule has 1 aromatic carbocycles. The van der Waals surface area contributed by atoms with E-state index < -0.39 is 0 Å². The summed E-state index contributed by atoms with van der Waals surface area (Å²) in [6.45, 7) is 5.05. The van der Waals surface area contributed by atoms with Gasteiger partial charge < -0.3 is 10.2 Å². The number of hydrogen-bond acceptors (Lipinski definition) is 2. The number of piperidine rings is 1. The van der Waals surface area contributed by atoms with E-state index in [-0.39, 0.29) is 23.9 Å². The Labute approximate surface area is 133 Å². The number of nitrogens with zero attached hydrogens (tertiary/aromatic N) is 1. The Morgan fingerprint density at radius 3 is 2.71 bits per heavy atom. The predicted molar refractivity (Wildman–Crippen MR) is 87.9 cm³/mol. The van der Waals surface area contributed by atoms with Crippen molar-refractivity contribution in [3.05, 3.63) is 35.9 Å². The summed E-state index contributed by atoms with van der Waals surface area (Å²) in [4.78, 5) is 14.7. The third-order valence-corrected chi connectivity index (χ3v) is 4.84. The molecule has 0 spiro atoms. The van der Waals surface area contributed by atoms with Gasteiger partial charge in [-0.15, -0.1) is 12.4 Å². The van der Waals surface area contributed by atoms with Gasteiger partial charge in [0.25, 0.3) is 0 Å². The largest absolute Gasteiger partial charge is 0.340 e. The number of hydrogen-bond donors (Lipinski definition) is 1. The van der Waals surface area contributed by atoms with Gasteiger partial charge in [-0.25, -0.2) is 0 Å². The van der Waals surface area contributed by atoms with Gasteiger partial charge >= 0.3 is 0 Å². The molecule has 0 aliphatic carbocycles. The van der Waals surface area contributed by atoms with Gasteiger partial charge in [0, 0.05) is 18.5 Å². The summed E-state index contributed by atoms with van der Waals surface area (Å²) in [6, 6.07) is 10.7. The van der Waals surface area contributed by atoms with Crippen LogP contribution in [0.2, 0.25) is 0 Å². The van der Waals surface area contributed by atoms with Gasteiger partial charge in [-0.05, 0) is 37.8 Å². The highest BCUT2D eigenvalue weighted by molar-refractivity contribution is 5.85. The second-order valence-electron chi connectivity index (χ2n) is 6.44. The molecule has 1 amide bonds. The van der Waals surface area contributed by atoms with Crippen molar-refractivity contribution in [2.24, 2.45) is 0 Å². The normalized spacial score (nSPS) is 29.0. The van der Waals surface area contributed by atoms with E-state index in [9.17, 15) is 4.79 Å². The van der Waals surface area contributed by atoms with E-state index in [1.165, 1.54) is 12.0 Å². The molecule has 0 bridgehead atoms. The highest BCUT2D eigenvalue weighted by atomic mass is 35.5. The monoisotopic (exact) mass is 308 g/mol. The predicted octanol–water partition coefficient (Wildman–Crippen LogP) is 2.74. The van der Waals surface area contributed by atoms with E-state index >= 15 is 0 Å². The Balaban J connectivity index is 0.00000161. The zero-order valence-electron chi connectivity index (χ0n) is 12.7. The molecule has 2 fully saturated rings. The number of nitrogens with one attached hydrogen (secondary N) is 1. The first-order chi connectivity index (χ1) is 9.69. The van der Waals surface area contributed by atoms with Gasteiger partial charge in [0.2, 0.25) is 5.91 Å². The fraction of sp³-hybridized carbons (Fsp3) is 0.588. The lowest BCUT2D eigenvalue weighted by Crippen LogP contribution is -2.52. The Morgan fingerprint density at radius 1 is 1.29 bits per heavy atom. The molecule has 4 heteroatoms. The Kier molecular flexibility index (Phi) is 5.28. The fourth-order valence-corrected chi connectivity index (χ4v) is 3.62. The topological polar surface area (TPSA) is 32.3 Å². The zero-order chi connectivity index (χ0) is 14.0. The number of carbonyl (C=O) groups is 1. The minimum absolute atomic E-state index is 0. The lowest BCUT2D eigenvalue weighted by atomic mass is 9.76. The second kappa shape index (κ2) is 6.80. The molecule has 2 atom stereocenters. The van der Waals surface area contributed by atoms with E-state index in [4.69, 9.17) is 0 Å². The maximum absolute atomic E-state index is 12.6. The van der Waals surface area contributed by atoms with Crippen LogP contribution >= 0.6 is 12.4 Å². The molecule has 1 N–H and O–H groups in total. The van der Waals surface area contributed by atoms with Crippen molar-refractivity contribution >= 4 is 18.3 Å². The number of benzene rings is 1. The highest BCUT2D eigenvalue weighted by Crippen LogP contribution is 2.34. The van der Waals surface area contributed by atoms with Crippen LogP contribution in [0.1, 0.15) is 38.2 Å². The lowest BCUT2D eigenvalue weighted by molar-refractivity contribution is -0.135. The van der Waals surface area contributed by atoms with Gasteiger partial charge in [-0.2, -0.15) is 0 Å². The molecule has 21 heavy (non-hydrogen) atoms. The Bertz CT molecular complexity index is 473. The molecule has 1 aromatic rings. The minimum atomic E-state index is 0. The van der Waals surface area contributed by atoms with Gasteiger partial charge in [0.15, 0.2) is 0 Å². The fourth-order valence-electron chi connectivity index (χ4n) is 3.62. The summed E-state index contributed by atoms with van der Waals surface area (Å²) in [7, 11) is 0. The van der Waals surface area contributed by atoms with Crippen molar-refractivity contribution in [2.75, 3.05) is 19.6 Å². The molecule has 116 valence electrons. The standard InChI is InChI=1S/C17H24N2O.ClH/c1-17(14-7-3-2-4-8-14)10-6-12-19(13-17)16(20)15-9-5-11-18-15;/h2-4,7-8,15,18H,5-6,9-13H2,1H3;1H. The van der Waals surface area contributed by atoms with E-state index in [1.54, 1.807) is 0 Å². The van der Waals surface area contributed by atoms with Crippen LogP contribution in [0.4, 0.5) is 0 Å². The molecule has 3 rings (SSSR count). The van der Waals surface area contributed by atoms with Crippen molar-refractivity contribution in [1.29, 1.82) is 0 Å². The number of rotatable bonds is 2. The third-order valence-electron chi connectivity index (χ3n) is 4.84. The highest BCUT2D eigenvalue weighted by Gasteiger charge is 2.36. The van der Waals surface area contributed by atoms with E-state index in [0.717, 1.165) is 38.9 Å². The summed E-state index contributed by atoms with van der Waals surface area (Å²) < 4.78 is 0. The average Bonchev–Trinajstić information content (AvgIpc) is 3.02. The third kappa shape index (κ3) is 3.41. The first-order valence-corrected chi connectivity index (χ1v) is 7.77. The molecular formula is C17H25ClN2O. The molecule has 0 aromatic heterocycles. The van der Waals surface area contributed by atoms with Crippen molar-refractivity contribution in [1.82, 2.24) is 10.2 Å². The Morgan fingerprint density at radius 2 is 2.05 bits per heavy atom. The number of amides is 1. The molecule has 2 saturated heterocycles. The maximum atomic E-state index is 12.6. The van der Waals surface area contributed by atoms with Crippen LogP contribution in [0.15, 0.2) is 30.3 Å². The Hall–Kier alpha value is -1.06. The minimum Gasteiger partial charge on any atom is -0.340 e. The summed E-state index contributed by atoms with van der Waals surface area (Å²) in [5, 5.41) is 3.33. The molecule has 3 nitrogen and oxygen atoms in total. The van der Waals surface area contributed by atoms with Crippen molar-refractivity contribution < 1.29 is 4.79 Å². The van der Waals surface area contributed by atoms with Gasteiger partial charge in [0.05, 0.1) is 6.04 Å². The van der Waals surface area contributed by atoms with Gasteiger partial charge in [-0.3, -0.25) is 4.79 Å². The lowest BCUT2D eigenvalue weighted by Gasteiger charge is -2.41. The van der Waals surface area contributed by atoms with Gasteiger partial charge in [0.1, 0.15) is 0 Å². The van der Waals surface area contributed by atoms with Crippen LogP contribution in [0.25, 0.3) is 0 Å². The molecule has 0 radical (unpaired) electrons. The summed E-state index contributed by atoms with van der Waals surface area (Å²) in [5.41, 5.74) is 1.46. The van der Waals surface area contributed by atoms with Crippen LogP contribution < -0.4 is 5.32 Å². The van der Waals surface area contributed by atoms with E-state index in [2.05, 4.69) is 47.5 Å². The van der Waals surface area contributed by atoms with Crippen LogP contribution in [0.3, 0.4) is 0 Å². The molecular weight excluding hydrogens is 284 g/mol. The van der Waals surface area contributed by atoms with Gasteiger partial charge in [-0.1, -0.05) is 37.3 Å². The summed E-state index contributed by atoms with van der Waals surface area (Å²) >= 11 is 0. The molecule has 0 saturated carbocycles. The molecule has 2 unspecified atom stereocenters. The quantitative estimate of drug-likeness (QED) is 0.911. The molecule has 2 heterocycles. The number of likely N-dealkylation sites (tertiary alicyclic amines) is 1. The van der Waals surface area contributed by atoms with Crippen LogP contribution in [-0.4, -0.2) is 36.5 Å². The molecule has 2 aliphatic heterocycles. The zero-order valence-corrected chi connectivity index (χ0v) is 13.5. The molecule has 2 aliphatic rings.